The predicted molar refractivity (Wildman–Crippen MR) is 100.0 cm³/mol. The second kappa shape index (κ2) is 9.02. The molecule has 0 atom stereocenters. The number of rotatable bonds is 8. The minimum absolute atomic E-state index is 0.548. The van der Waals surface area contributed by atoms with Gasteiger partial charge in [0, 0.05) is 44.5 Å². The molecule has 2 aromatic rings. The molecule has 0 spiro atoms. The van der Waals surface area contributed by atoms with Crippen molar-refractivity contribution in [2.45, 2.75) is 33.3 Å². The summed E-state index contributed by atoms with van der Waals surface area (Å²) in [6.07, 6.45) is 2.28. The van der Waals surface area contributed by atoms with Crippen molar-refractivity contribution in [3.63, 3.8) is 0 Å². The summed E-state index contributed by atoms with van der Waals surface area (Å²) < 4.78 is 10.7. The van der Waals surface area contributed by atoms with E-state index < -0.39 is 0 Å². The lowest BCUT2D eigenvalue weighted by Gasteiger charge is -2.36. The van der Waals surface area contributed by atoms with Gasteiger partial charge in [0.2, 0.25) is 0 Å². The van der Waals surface area contributed by atoms with E-state index in [-0.39, 0.29) is 0 Å². The van der Waals surface area contributed by atoms with Crippen LogP contribution in [0, 0.1) is 13.8 Å². The number of ether oxygens (including phenoxy) is 1. The van der Waals surface area contributed by atoms with Gasteiger partial charge in [-0.05, 0) is 45.4 Å². The first-order chi connectivity index (χ1) is 12.2. The number of aryl methyl sites for hydroxylation is 2. The SMILES string of the molecule is Cc1ccc(N2CCN(CCCCOCc3cc(C)on3)CC2)cc1. The third kappa shape index (κ3) is 5.58. The molecule has 0 amide bonds. The lowest BCUT2D eigenvalue weighted by atomic mass is 10.2. The van der Waals surface area contributed by atoms with Gasteiger partial charge in [-0.2, -0.15) is 0 Å². The molecule has 1 aliphatic heterocycles. The first kappa shape index (κ1) is 18.0. The first-order valence-electron chi connectivity index (χ1n) is 9.24. The topological polar surface area (TPSA) is 41.7 Å². The maximum absolute atomic E-state index is 5.66. The van der Waals surface area contributed by atoms with Crippen molar-refractivity contribution in [1.29, 1.82) is 0 Å². The van der Waals surface area contributed by atoms with Crippen molar-refractivity contribution >= 4 is 5.69 Å². The monoisotopic (exact) mass is 343 g/mol. The molecule has 0 aliphatic carbocycles. The number of unbranched alkanes of at least 4 members (excludes halogenated alkanes) is 1. The molecule has 1 saturated heterocycles. The molecular formula is C20H29N3O2. The summed E-state index contributed by atoms with van der Waals surface area (Å²) in [6.45, 7) is 11.1. The highest BCUT2D eigenvalue weighted by Gasteiger charge is 2.16. The second-order valence-electron chi connectivity index (χ2n) is 6.85. The predicted octanol–water partition coefficient (Wildman–Crippen LogP) is 3.41. The van der Waals surface area contributed by atoms with Gasteiger partial charge < -0.3 is 14.2 Å². The Morgan fingerprint density at radius 2 is 1.80 bits per heavy atom. The standard InChI is InChI=1S/C20H29N3O2/c1-17-5-7-20(8-6-17)23-12-10-22(11-13-23)9-3-4-14-24-16-19-15-18(2)25-21-19/h5-8,15H,3-4,9-14,16H2,1-2H3. The summed E-state index contributed by atoms with van der Waals surface area (Å²) in [7, 11) is 0. The molecule has 3 rings (SSSR count). The van der Waals surface area contributed by atoms with Crippen molar-refractivity contribution in [2.75, 3.05) is 44.2 Å². The Kier molecular flexibility index (Phi) is 6.48. The fourth-order valence-electron chi connectivity index (χ4n) is 3.19. The van der Waals surface area contributed by atoms with Crippen LogP contribution in [0.25, 0.3) is 0 Å². The molecule has 1 fully saturated rings. The van der Waals surface area contributed by atoms with Crippen LogP contribution in [0.4, 0.5) is 5.69 Å². The van der Waals surface area contributed by atoms with Gasteiger partial charge in [-0.3, -0.25) is 4.90 Å². The molecule has 1 aromatic heterocycles. The number of nitrogens with zero attached hydrogens (tertiary/aromatic N) is 3. The molecule has 25 heavy (non-hydrogen) atoms. The average Bonchev–Trinajstić information content (AvgIpc) is 3.04. The summed E-state index contributed by atoms with van der Waals surface area (Å²) in [5.74, 6) is 0.836. The zero-order valence-corrected chi connectivity index (χ0v) is 15.4. The molecule has 0 saturated carbocycles. The highest BCUT2D eigenvalue weighted by Crippen LogP contribution is 2.17. The van der Waals surface area contributed by atoms with E-state index in [1.165, 1.54) is 17.7 Å². The fraction of sp³-hybridized carbons (Fsp3) is 0.550. The van der Waals surface area contributed by atoms with Crippen molar-refractivity contribution in [1.82, 2.24) is 10.1 Å². The van der Waals surface area contributed by atoms with E-state index in [2.05, 4.69) is 46.1 Å². The summed E-state index contributed by atoms with van der Waals surface area (Å²) in [4.78, 5) is 5.05. The van der Waals surface area contributed by atoms with E-state index in [4.69, 9.17) is 9.26 Å². The summed E-state index contributed by atoms with van der Waals surface area (Å²) in [5, 5.41) is 3.93. The average molecular weight is 343 g/mol. The van der Waals surface area contributed by atoms with Crippen LogP contribution in [0.2, 0.25) is 0 Å². The van der Waals surface area contributed by atoms with Crippen LogP contribution >= 0.6 is 0 Å². The molecule has 0 N–H and O–H groups in total. The van der Waals surface area contributed by atoms with Crippen molar-refractivity contribution in [2.24, 2.45) is 0 Å². The van der Waals surface area contributed by atoms with Gasteiger partial charge in [0.25, 0.3) is 0 Å². The largest absolute Gasteiger partial charge is 0.375 e. The summed E-state index contributed by atoms with van der Waals surface area (Å²) >= 11 is 0. The second-order valence-corrected chi connectivity index (χ2v) is 6.85. The van der Waals surface area contributed by atoms with E-state index in [0.717, 1.165) is 57.2 Å². The summed E-state index contributed by atoms with van der Waals surface area (Å²) in [6, 6.07) is 10.8. The van der Waals surface area contributed by atoms with Crippen LogP contribution in [0.3, 0.4) is 0 Å². The third-order valence-electron chi connectivity index (χ3n) is 4.71. The Balaban J connectivity index is 1.26. The zero-order chi connectivity index (χ0) is 17.5. The van der Waals surface area contributed by atoms with Crippen LogP contribution in [0.1, 0.15) is 29.9 Å². The number of piperazine rings is 1. The Hall–Kier alpha value is -1.85. The Morgan fingerprint density at radius 1 is 1.04 bits per heavy atom. The molecule has 1 aromatic carbocycles. The van der Waals surface area contributed by atoms with Gasteiger partial charge in [-0.1, -0.05) is 22.9 Å². The van der Waals surface area contributed by atoms with Crippen LogP contribution in [-0.4, -0.2) is 49.4 Å². The number of anilines is 1. The summed E-state index contributed by atoms with van der Waals surface area (Å²) in [5.41, 5.74) is 3.55. The van der Waals surface area contributed by atoms with Gasteiger partial charge in [-0.25, -0.2) is 0 Å². The third-order valence-corrected chi connectivity index (χ3v) is 4.71. The Bertz CT molecular complexity index is 631. The van der Waals surface area contributed by atoms with Gasteiger partial charge >= 0.3 is 0 Å². The van der Waals surface area contributed by atoms with Gasteiger partial charge in [0.15, 0.2) is 0 Å². The molecule has 5 heteroatoms. The number of hydrogen-bond donors (Lipinski definition) is 0. The number of benzene rings is 1. The molecule has 5 nitrogen and oxygen atoms in total. The highest BCUT2D eigenvalue weighted by atomic mass is 16.5. The van der Waals surface area contributed by atoms with E-state index in [1.807, 2.05) is 13.0 Å². The van der Waals surface area contributed by atoms with Crippen LogP contribution in [-0.2, 0) is 11.3 Å². The molecular weight excluding hydrogens is 314 g/mol. The maximum atomic E-state index is 5.66. The van der Waals surface area contributed by atoms with E-state index in [1.54, 1.807) is 0 Å². The Morgan fingerprint density at radius 3 is 2.48 bits per heavy atom. The van der Waals surface area contributed by atoms with Gasteiger partial charge in [-0.15, -0.1) is 0 Å². The minimum Gasteiger partial charge on any atom is -0.375 e. The smallest absolute Gasteiger partial charge is 0.134 e. The van der Waals surface area contributed by atoms with Gasteiger partial charge in [0.05, 0.1) is 6.61 Å². The van der Waals surface area contributed by atoms with Crippen molar-refractivity contribution in [3.05, 3.63) is 47.3 Å². The number of hydrogen-bond acceptors (Lipinski definition) is 5. The fourth-order valence-corrected chi connectivity index (χ4v) is 3.19. The van der Waals surface area contributed by atoms with Crippen LogP contribution in [0.15, 0.2) is 34.9 Å². The molecule has 0 radical (unpaired) electrons. The Labute approximate surface area is 150 Å². The molecule has 2 heterocycles. The molecule has 0 bridgehead atoms. The van der Waals surface area contributed by atoms with E-state index >= 15 is 0 Å². The van der Waals surface area contributed by atoms with E-state index in [0.29, 0.717) is 6.61 Å². The van der Waals surface area contributed by atoms with Crippen molar-refractivity contribution in [3.8, 4) is 0 Å². The van der Waals surface area contributed by atoms with E-state index in [9.17, 15) is 0 Å². The molecule has 136 valence electrons. The highest BCUT2D eigenvalue weighted by molar-refractivity contribution is 5.47. The normalized spacial score (nSPS) is 15.7. The van der Waals surface area contributed by atoms with Crippen molar-refractivity contribution < 1.29 is 9.26 Å². The molecule has 1 aliphatic rings. The molecule has 0 unspecified atom stereocenters. The number of aromatic nitrogens is 1. The van der Waals surface area contributed by atoms with Crippen LogP contribution in [0.5, 0.6) is 0 Å². The maximum Gasteiger partial charge on any atom is 0.134 e. The lowest BCUT2D eigenvalue weighted by Crippen LogP contribution is -2.46. The lowest BCUT2D eigenvalue weighted by molar-refractivity contribution is 0.109. The quantitative estimate of drug-likeness (QED) is 0.687. The van der Waals surface area contributed by atoms with Gasteiger partial charge in [0.1, 0.15) is 11.5 Å². The zero-order valence-electron chi connectivity index (χ0n) is 15.4. The first-order valence-corrected chi connectivity index (χ1v) is 9.24. The minimum atomic E-state index is 0.548. The van der Waals surface area contributed by atoms with Crippen LogP contribution < -0.4 is 4.90 Å².